The van der Waals surface area contributed by atoms with Gasteiger partial charge in [0.25, 0.3) is 0 Å². The van der Waals surface area contributed by atoms with Crippen LogP contribution in [-0.2, 0) is 4.79 Å². The van der Waals surface area contributed by atoms with Gasteiger partial charge >= 0.3 is 0 Å². The summed E-state index contributed by atoms with van der Waals surface area (Å²) in [5, 5.41) is 19.4. The second kappa shape index (κ2) is 3.69. The second-order valence-electron chi connectivity index (χ2n) is 3.56. The first-order valence-corrected chi connectivity index (χ1v) is 3.35. The van der Waals surface area contributed by atoms with Crippen molar-refractivity contribution in [2.75, 3.05) is 27.7 Å². The van der Waals surface area contributed by atoms with Gasteiger partial charge in [-0.15, -0.1) is 0 Å². The largest absolute Gasteiger partial charge is 0.550 e. The first-order valence-electron chi connectivity index (χ1n) is 3.85. The standard InChI is InChI=1S/C7H15NO3/c1-8(2,3)5-6(9)4-7(10)11/h6,9H,4-5H2,1-3H3/i6D. The predicted molar refractivity (Wildman–Crippen MR) is 38.5 cm³/mol. The van der Waals surface area contributed by atoms with Crippen molar-refractivity contribution in [2.45, 2.75) is 12.5 Å². The minimum atomic E-state index is -1.93. The highest BCUT2D eigenvalue weighted by Crippen LogP contribution is 1.97. The topological polar surface area (TPSA) is 60.4 Å². The fourth-order valence-corrected chi connectivity index (χ4v) is 0.770. The van der Waals surface area contributed by atoms with Gasteiger partial charge in [0.15, 0.2) is 0 Å². The molecule has 0 saturated carbocycles. The van der Waals surface area contributed by atoms with Crippen molar-refractivity contribution in [3.05, 3.63) is 0 Å². The van der Waals surface area contributed by atoms with Crippen molar-refractivity contribution in [1.82, 2.24) is 0 Å². The molecule has 0 spiro atoms. The van der Waals surface area contributed by atoms with Crippen molar-refractivity contribution < 1.29 is 20.9 Å². The van der Waals surface area contributed by atoms with Gasteiger partial charge in [-0.3, -0.25) is 0 Å². The molecule has 0 saturated heterocycles. The number of rotatable bonds is 4. The molecule has 0 aromatic heterocycles. The van der Waals surface area contributed by atoms with Gasteiger partial charge in [0, 0.05) is 12.4 Å². The lowest BCUT2D eigenvalue weighted by Crippen LogP contribution is -2.43. The van der Waals surface area contributed by atoms with E-state index in [0.29, 0.717) is 4.48 Å². The molecule has 1 unspecified atom stereocenters. The molecule has 0 aliphatic rings. The highest BCUT2D eigenvalue weighted by atomic mass is 16.4. The zero-order valence-corrected chi connectivity index (χ0v) is 7.13. The van der Waals surface area contributed by atoms with Crippen LogP contribution < -0.4 is 5.11 Å². The average molecular weight is 162 g/mol. The zero-order valence-electron chi connectivity index (χ0n) is 8.13. The van der Waals surface area contributed by atoms with Crippen LogP contribution in [0.1, 0.15) is 7.79 Å². The first-order chi connectivity index (χ1) is 5.12. The van der Waals surface area contributed by atoms with E-state index in [-0.39, 0.29) is 6.54 Å². The van der Waals surface area contributed by atoms with Crippen LogP contribution in [0.3, 0.4) is 0 Å². The minimum Gasteiger partial charge on any atom is -0.550 e. The number of hydrogen-bond donors (Lipinski definition) is 1. The molecule has 0 bridgehead atoms. The maximum Gasteiger partial charge on any atom is 0.108 e. The second-order valence-corrected chi connectivity index (χ2v) is 3.56. The molecule has 4 nitrogen and oxygen atoms in total. The van der Waals surface area contributed by atoms with E-state index < -0.39 is 18.5 Å². The Morgan fingerprint density at radius 2 is 2.18 bits per heavy atom. The van der Waals surface area contributed by atoms with Crippen molar-refractivity contribution in [2.24, 2.45) is 0 Å². The Hall–Kier alpha value is -0.610. The molecule has 0 aliphatic carbocycles. The summed E-state index contributed by atoms with van der Waals surface area (Å²) in [7, 11) is 5.32. The maximum atomic E-state index is 10.1. The first kappa shape index (κ1) is 8.49. The summed E-state index contributed by atoms with van der Waals surface area (Å²) in [5.41, 5.74) is 0. The summed E-state index contributed by atoms with van der Waals surface area (Å²) in [6.45, 7) is 0.0565. The predicted octanol–water partition coefficient (Wildman–Crippen LogP) is -1.81. The molecule has 1 N–H and O–H groups in total. The Bertz CT molecular complexity index is 174. The van der Waals surface area contributed by atoms with Gasteiger partial charge in [-0.25, -0.2) is 0 Å². The molecule has 0 fully saturated rings. The quantitative estimate of drug-likeness (QED) is 0.496. The molecule has 0 heterocycles. The van der Waals surface area contributed by atoms with Crippen LogP contribution in [-0.4, -0.2) is 49.3 Å². The van der Waals surface area contributed by atoms with E-state index in [1.54, 1.807) is 21.1 Å². The number of carboxylic acid groups (broad SMARTS) is 1. The lowest BCUT2D eigenvalue weighted by molar-refractivity contribution is -0.873. The number of carbonyl (C=O) groups excluding carboxylic acids is 1. The van der Waals surface area contributed by atoms with E-state index >= 15 is 0 Å². The van der Waals surface area contributed by atoms with Crippen molar-refractivity contribution in [1.29, 1.82) is 0 Å². The van der Waals surface area contributed by atoms with E-state index in [1.807, 2.05) is 0 Å². The molecule has 0 rings (SSSR count). The van der Waals surface area contributed by atoms with Gasteiger partial charge in [-0.1, -0.05) is 0 Å². The number of quaternary nitrogens is 1. The Labute approximate surface area is 68.1 Å². The van der Waals surface area contributed by atoms with Crippen LogP contribution in [0.5, 0.6) is 0 Å². The number of nitrogens with zero attached hydrogens (tertiary/aromatic N) is 1. The normalized spacial score (nSPS) is 18.7. The van der Waals surface area contributed by atoms with Gasteiger partial charge in [-0.2, -0.15) is 0 Å². The molecule has 11 heavy (non-hydrogen) atoms. The fourth-order valence-electron chi connectivity index (χ4n) is 0.770. The Morgan fingerprint density at radius 3 is 2.45 bits per heavy atom. The minimum absolute atomic E-state index is 0.0565. The van der Waals surface area contributed by atoms with Crippen LogP contribution in [0.25, 0.3) is 0 Å². The molecule has 0 radical (unpaired) electrons. The highest BCUT2D eigenvalue weighted by Gasteiger charge is 2.14. The summed E-state index contributed by atoms with van der Waals surface area (Å²) in [5.74, 6) is -1.40. The lowest BCUT2D eigenvalue weighted by atomic mass is 10.2. The number of aliphatic carboxylic acids is 1. The summed E-state index contributed by atoms with van der Waals surface area (Å²) >= 11 is 0. The molecule has 0 aliphatic heterocycles. The monoisotopic (exact) mass is 162 g/mol. The van der Waals surface area contributed by atoms with Crippen molar-refractivity contribution in [3.8, 4) is 0 Å². The van der Waals surface area contributed by atoms with Crippen LogP contribution in [0.15, 0.2) is 0 Å². The fraction of sp³-hybridized carbons (Fsp3) is 0.857. The Morgan fingerprint density at radius 1 is 1.73 bits per heavy atom. The van der Waals surface area contributed by atoms with Gasteiger partial charge < -0.3 is 19.5 Å². The Kier molecular flexibility index (Phi) is 2.84. The van der Waals surface area contributed by atoms with Gasteiger partial charge in [0.05, 0.1) is 22.5 Å². The molecule has 4 heteroatoms. The van der Waals surface area contributed by atoms with Crippen LogP contribution in [0, 0.1) is 0 Å². The number of carbonyl (C=O) groups is 1. The SMILES string of the molecule is [2H]C(O)(CC(=O)[O-])C[N+](C)(C)C. The molecule has 1 atom stereocenters. The van der Waals surface area contributed by atoms with E-state index in [0.717, 1.165) is 0 Å². The molecule has 0 aromatic rings. The average Bonchev–Trinajstić information content (AvgIpc) is 1.48. The number of aliphatic hydroxyl groups is 1. The third-order valence-corrected chi connectivity index (χ3v) is 1.01. The van der Waals surface area contributed by atoms with Gasteiger partial charge in [0.1, 0.15) is 12.6 Å². The third kappa shape index (κ3) is 7.29. The number of carboxylic acids is 1. The van der Waals surface area contributed by atoms with Crippen molar-refractivity contribution >= 4 is 5.97 Å². The zero-order chi connectivity index (χ0) is 9.99. The lowest BCUT2D eigenvalue weighted by Gasteiger charge is -2.26. The number of hydrogen-bond acceptors (Lipinski definition) is 3. The summed E-state index contributed by atoms with van der Waals surface area (Å²) in [4.78, 5) is 10.1. The van der Waals surface area contributed by atoms with Gasteiger partial charge in [0.2, 0.25) is 0 Å². The summed E-state index contributed by atoms with van der Waals surface area (Å²) in [6, 6.07) is 0. The molecular weight excluding hydrogens is 146 g/mol. The Balaban J connectivity index is 4.13. The van der Waals surface area contributed by atoms with E-state index in [1.165, 1.54) is 0 Å². The summed E-state index contributed by atoms with van der Waals surface area (Å²) < 4.78 is 7.57. The van der Waals surface area contributed by atoms with E-state index in [4.69, 9.17) is 1.37 Å². The van der Waals surface area contributed by atoms with Crippen LogP contribution in [0.2, 0.25) is 0 Å². The van der Waals surface area contributed by atoms with E-state index in [9.17, 15) is 15.0 Å². The molecule has 66 valence electrons. The van der Waals surface area contributed by atoms with Gasteiger partial charge in [-0.05, 0) is 0 Å². The molecular formula is C7H15NO3. The smallest absolute Gasteiger partial charge is 0.108 e. The van der Waals surface area contributed by atoms with E-state index in [2.05, 4.69) is 0 Å². The van der Waals surface area contributed by atoms with Crippen molar-refractivity contribution in [3.63, 3.8) is 0 Å². The summed E-state index contributed by atoms with van der Waals surface area (Å²) in [6.07, 6.45) is -2.58. The number of likely N-dealkylation sites (N-methyl/N-ethyl adjacent to an activating group) is 1. The van der Waals surface area contributed by atoms with Crippen LogP contribution >= 0.6 is 0 Å². The molecule has 0 aromatic carbocycles. The van der Waals surface area contributed by atoms with Crippen LogP contribution in [0.4, 0.5) is 0 Å². The molecule has 0 amide bonds. The third-order valence-electron chi connectivity index (χ3n) is 1.01. The highest BCUT2D eigenvalue weighted by molar-refractivity contribution is 5.64. The maximum absolute atomic E-state index is 10.1.